The zero-order valence-corrected chi connectivity index (χ0v) is 11.5. The third-order valence-corrected chi connectivity index (χ3v) is 3.62. The summed E-state index contributed by atoms with van der Waals surface area (Å²) in [7, 11) is 2.15. The van der Waals surface area contributed by atoms with Crippen molar-refractivity contribution in [1.29, 1.82) is 0 Å². The minimum Gasteiger partial charge on any atom is -0.356 e. The Kier molecular flexibility index (Phi) is 5.40. The summed E-state index contributed by atoms with van der Waals surface area (Å²) in [6, 6.07) is 0. The second kappa shape index (κ2) is 6.36. The maximum Gasteiger partial charge on any atom is 0.220 e. The van der Waals surface area contributed by atoms with Gasteiger partial charge >= 0.3 is 0 Å². The molecule has 1 saturated heterocycles. The molecule has 0 aliphatic carbocycles. The SMILES string of the molecule is CN1CCC(CNC(=O)CC(C)(C)CN)CC1. The third kappa shape index (κ3) is 5.50. The predicted octanol–water partition coefficient (Wildman–Crippen LogP) is 0.819. The molecule has 0 aromatic carbocycles. The van der Waals surface area contributed by atoms with Gasteiger partial charge < -0.3 is 16.0 Å². The van der Waals surface area contributed by atoms with Crippen LogP contribution in [-0.2, 0) is 4.79 Å². The summed E-state index contributed by atoms with van der Waals surface area (Å²) < 4.78 is 0. The number of hydrogen-bond acceptors (Lipinski definition) is 3. The van der Waals surface area contributed by atoms with Crippen LogP contribution >= 0.6 is 0 Å². The molecule has 1 heterocycles. The van der Waals surface area contributed by atoms with Crippen molar-refractivity contribution in [2.75, 3.05) is 33.2 Å². The van der Waals surface area contributed by atoms with Gasteiger partial charge in [-0.05, 0) is 50.9 Å². The van der Waals surface area contributed by atoms with Crippen LogP contribution in [0.2, 0.25) is 0 Å². The van der Waals surface area contributed by atoms with Crippen molar-refractivity contribution in [1.82, 2.24) is 10.2 Å². The molecule has 1 aliphatic heterocycles. The van der Waals surface area contributed by atoms with Crippen molar-refractivity contribution in [3.05, 3.63) is 0 Å². The van der Waals surface area contributed by atoms with Crippen LogP contribution in [0, 0.1) is 11.3 Å². The first-order chi connectivity index (χ1) is 7.93. The number of piperidine rings is 1. The van der Waals surface area contributed by atoms with Gasteiger partial charge in [0.05, 0.1) is 0 Å². The normalized spacial score (nSPS) is 19.3. The van der Waals surface area contributed by atoms with E-state index in [-0.39, 0.29) is 11.3 Å². The highest BCUT2D eigenvalue weighted by molar-refractivity contribution is 5.76. The number of hydrogen-bond donors (Lipinski definition) is 2. The fourth-order valence-corrected chi connectivity index (χ4v) is 2.09. The Hall–Kier alpha value is -0.610. The quantitative estimate of drug-likeness (QED) is 0.749. The van der Waals surface area contributed by atoms with E-state index in [1.54, 1.807) is 0 Å². The number of carbonyl (C=O) groups is 1. The molecule has 0 spiro atoms. The summed E-state index contributed by atoms with van der Waals surface area (Å²) in [5.41, 5.74) is 5.54. The minimum atomic E-state index is -0.0864. The van der Waals surface area contributed by atoms with Crippen LogP contribution in [0.3, 0.4) is 0 Å². The highest BCUT2D eigenvalue weighted by Gasteiger charge is 2.21. The summed E-state index contributed by atoms with van der Waals surface area (Å²) in [6.07, 6.45) is 2.91. The van der Waals surface area contributed by atoms with E-state index in [2.05, 4.69) is 17.3 Å². The lowest BCUT2D eigenvalue weighted by Crippen LogP contribution is -2.38. The van der Waals surface area contributed by atoms with E-state index in [0.717, 1.165) is 19.6 Å². The fraction of sp³-hybridized carbons (Fsp3) is 0.923. The number of nitrogens with zero attached hydrogens (tertiary/aromatic N) is 1. The smallest absolute Gasteiger partial charge is 0.220 e. The predicted molar refractivity (Wildman–Crippen MR) is 70.7 cm³/mol. The van der Waals surface area contributed by atoms with Gasteiger partial charge in [0.1, 0.15) is 0 Å². The zero-order chi connectivity index (χ0) is 12.9. The van der Waals surface area contributed by atoms with Crippen LogP contribution < -0.4 is 11.1 Å². The largest absolute Gasteiger partial charge is 0.356 e. The molecule has 0 saturated carbocycles. The molecule has 1 amide bonds. The average molecular weight is 241 g/mol. The van der Waals surface area contributed by atoms with Gasteiger partial charge in [0, 0.05) is 13.0 Å². The molecule has 1 fully saturated rings. The lowest BCUT2D eigenvalue weighted by molar-refractivity contribution is -0.123. The Balaban J connectivity index is 2.20. The zero-order valence-electron chi connectivity index (χ0n) is 11.5. The van der Waals surface area contributed by atoms with E-state index in [1.165, 1.54) is 12.8 Å². The average Bonchev–Trinajstić information content (AvgIpc) is 2.28. The highest BCUT2D eigenvalue weighted by Crippen LogP contribution is 2.18. The van der Waals surface area contributed by atoms with Gasteiger partial charge in [-0.1, -0.05) is 13.8 Å². The van der Waals surface area contributed by atoms with E-state index in [0.29, 0.717) is 18.9 Å². The molecule has 1 aliphatic rings. The second-order valence-corrected chi connectivity index (χ2v) is 6.10. The molecule has 100 valence electrons. The molecule has 0 unspecified atom stereocenters. The first kappa shape index (κ1) is 14.5. The molecule has 0 atom stereocenters. The molecular formula is C13H27N3O. The topological polar surface area (TPSA) is 58.4 Å². The van der Waals surface area contributed by atoms with E-state index < -0.39 is 0 Å². The molecule has 4 nitrogen and oxygen atoms in total. The van der Waals surface area contributed by atoms with Crippen LogP contribution in [0.5, 0.6) is 0 Å². The van der Waals surface area contributed by atoms with Gasteiger partial charge in [0.15, 0.2) is 0 Å². The van der Waals surface area contributed by atoms with E-state index >= 15 is 0 Å². The van der Waals surface area contributed by atoms with Crippen molar-refractivity contribution in [2.24, 2.45) is 17.1 Å². The van der Waals surface area contributed by atoms with Crippen LogP contribution in [0.1, 0.15) is 33.1 Å². The minimum absolute atomic E-state index is 0.0864. The van der Waals surface area contributed by atoms with Crippen LogP contribution in [0.4, 0.5) is 0 Å². The van der Waals surface area contributed by atoms with Crippen LogP contribution in [-0.4, -0.2) is 44.0 Å². The Bertz CT molecular complexity index is 245. The molecule has 0 bridgehead atoms. The van der Waals surface area contributed by atoms with Gasteiger partial charge in [-0.15, -0.1) is 0 Å². The number of likely N-dealkylation sites (tertiary alicyclic amines) is 1. The molecule has 4 heteroatoms. The van der Waals surface area contributed by atoms with Gasteiger partial charge in [-0.25, -0.2) is 0 Å². The van der Waals surface area contributed by atoms with E-state index in [9.17, 15) is 4.79 Å². The molecular weight excluding hydrogens is 214 g/mol. The first-order valence-electron chi connectivity index (χ1n) is 6.58. The number of rotatable bonds is 5. The van der Waals surface area contributed by atoms with Crippen LogP contribution in [0.15, 0.2) is 0 Å². The molecule has 17 heavy (non-hydrogen) atoms. The molecule has 3 N–H and O–H groups in total. The van der Waals surface area contributed by atoms with Crippen molar-refractivity contribution in [3.63, 3.8) is 0 Å². The van der Waals surface area contributed by atoms with Gasteiger partial charge in [-0.3, -0.25) is 4.79 Å². The molecule has 0 aromatic heterocycles. The number of amides is 1. The molecule has 0 radical (unpaired) electrons. The van der Waals surface area contributed by atoms with Crippen molar-refractivity contribution in [3.8, 4) is 0 Å². The Morgan fingerprint density at radius 3 is 2.53 bits per heavy atom. The number of nitrogens with one attached hydrogen (secondary N) is 1. The standard InChI is InChI=1S/C13H27N3O/c1-13(2,10-14)8-12(17)15-9-11-4-6-16(3)7-5-11/h11H,4-10,14H2,1-3H3,(H,15,17). The van der Waals surface area contributed by atoms with E-state index in [4.69, 9.17) is 5.73 Å². The van der Waals surface area contributed by atoms with Gasteiger partial charge in [0.25, 0.3) is 0 Å². The number of carbonyl (C=O) groups excluding carboxylic acids is 1. The first-order valence-corrected chi connectivity index (χ1v) is 6.58. The Labute approximate surface area is 105 Å². The summed E-state index contributed by atoms with van der Waals surface area (Å²) in [6.45, 7) is 7.73. The lowest BCUT2D eigenvalue weighted by Gasteiger charge is -2.29. The Morgan fingerprint density at radius 1 is 1.41 bits per heavy atom. The van der Waals surface area contributed by atoms with Crippen LogP contribution in [0.25, 0.3) is 0 Å². The fourth-order valence-electron chi connectivity index (χ4n) is 2.09. The van der Waals surface area contributed by atoms with Gasteiger partial charge in [0.2, 0.25) is 5.91 Å². The maximum atomic E-state index is 11.7. The second-order valence-electron chi connectivity index (χ2n) is 6.10. The lowest BCUT2D eigenvalue weighted by atomic mass is 9.89. The Morgan fingerprint density at radius 2 is 2.00 bits per heavy atom. The summed E-state index contributed by atoms with van der Waals surface area (Å²) >= 11 is 0. The number of nitrogens with two attached hydrogens (primary N) is 1. The molecule has 0 aromatic rings. The maximum absolute atomic E-state index is 11.7. The summed E-state index contributed by atoms with van der Waals surface area (Å²) in [4.78, 5) is 14.1. The van der Waals surface area contributed by atoms with E-state index in [1.807, 2.05) is 13.8 Å². The van der Waals surface area contributed by atoms with Crippen molar-refractivity contribution in [2.45, 2.75) is 33.1 Å². The monoisotopic (exact) mass is 241 g/mol. The van der Waals surface area contributed by atoms with Gasteiger partial charge in [-0.2, -0.15) is 0 Å². The third-order valence-electron chi connectivity index (χ3n) is 3.62. The van der Waals surface area contributed by atoms with Crippen molar-refractivity contribution >= 4 is 5.91 Å². The summed E-state index contributed by atoms with van der Waals surface area (Å²) in [5.74, 6) is 0.788. The summed E-state index contributed by atoms with van der Waals surface area (Å²) in [5, 5.41) is 3.04. The molecule has 1 rings (SSSR count). The highest BCUT2D eigenvalue weighted by atomic mass is 16.1. The van der Waals surface area contributed by atoms with Crippen molar-refractivity contribution < 1.29 is 4.79 Å².